The molecule has 2 spiro atoms. The Kier molecular flexibility index (Phi) is 10.6. The van der Waals surface area contributed by atoms with E-state index in [4.69, 9.17) is 9.97 Å². The number of H-pyrrole nitrogens is 2. The number of imidazole rings is 2. The molecule has 6 bridgehead atoms. The van der Waals surface area contributed by atoms with Crippen LogP contribution in [0, 0.1) is 35.3 Å². The van der Waals surface area contributed by atoms with Gasteiger partial charge in [-0.25, -0.2) is 28.3 Å². The number of fused-ring (bicyclic) bond motifs is 4. The van der Waals surface area contributed by atoms with Gasteiger partial charge in [-0.1, -0.05) is 50.7 Å². The lowest BCUT2D eigenvalue weighted by Gasteiger charge is -2.51. The van der Waals surface area contributed by atoms with Gasteiger partial charge in [0.15, 0.2) is 22.7 Å². The van der Waals surface area contributed by atoms with Crippen LogP contribution in [0.2, 0.25) is 0 Å². The van der Waals surface area contributed by atoms with Gasteiger partial charge in [0.05, 0.1) is 45.2 Å². The molecule has 4 saturated heterocycles. The highest BCUT2D eigenvalue weighted by molar-refractivity contribution is 5.95. The Morgan fingerprint density at radius 3 is 1.44 bits per heavy atom. The van der Waals surface area contributed by atoms with Crippen molar-refractivity contribution < 1.29 is 38.2 Å². The van der Waals surface area contributed by atoms with E-state index < -0.39 is 70.1 Å². The molecule has 15 rings (SSSR count). The van der Waals surface area contributed by atoms with Crippen molar-refractivity contribution in [2.45, 2.75) is 181 Å². The Balaban J connectivity index is 0.930. The predicted molar refractivity (Wildman–Crippen MR) is 282 cm³/mol. The maximum Gasteiger partial charge on any atom is 0.405 e. The van der Waals surface area contributed by atoms with E-state index in [1.54, 1.807) is 0 Å². The number of carbonyl (C=O) groups excluding carboxylic acids is 2. The van der Waals surface area contributed by atoms with E-state index in [1.807, 2.05) is 17.0 Å². The Bertz CT molecular complexity index is 3090. The van der Waals surface area contributed by atoms with Crippen molar-refractivity contribution in [1.82, 2.24) is 40.4 Å². The van der Waals surface area contributed by atoms with Crippen LogP contribution in [-0.4, -0.2) is 101 Å². The van der Waals surface area contributed by atoms with Crippen LogP contribution in [0.5, 0.6) is 0 Å². The van der Waals surface area contributed by atoms with E-state index in [0.29, 0.717) is 94.0 Å². The first-order valence-electron chi connectivity index (χ1n) is 29.1. The summed E-state index contributed by atoms with van der Waals surface area (Å²) in [6, 6.07) is 13.2. The van der Waals surface area contributed by atoms with Gasteiger partial charge in [-0.3, -0.25) is 9.59 Å². The van der Waals surface area contributed by atoms with Crippen molar-refractivity contribution in [2.24, 2.45) is 23.7 Å². The minimum Gasteiger partial charge on any atom is -0.465 e. The summed E-state index contributed by atoms with van der Waals surface area (Å²) in [5, 5.41) is 27.6. The molecule has 8 fully saturated rings. The number of aromatic amines is 2. The number of aromatic nitrogens is 4. The van der Waals surface area contributed by atoms with Crippen LogP contribution >= 0.6 is 0 Å². The van der Waals surface area contributed by atoms with Crippen LogP contribution in [0.1, 0.15) is 158 Å². The van der Waals surface area contributed by atoms with Gasteiger partial charge in [0.25, 0.3) is 11.8 Å². The highest BCUT2D eigenvalue weighted by atomic mass is 19.1. The molecular formula is C59H68F2N10O6. The highest BCUT2D eigenvalue weighted by Gasteiger charge is 2.69. The first-order valence-corrected chi connectivity index (χ1v) is 29.1. The Morgan fingerprint density at radius 1 is 0.558 bits per heavy atom. The van der Waals surface area contributed by atoms with E-state index in [1.165, 1.54) is 12.1 Å². The first kappa shape index (κ1) is 47.7. The van der Waals surface area contributed by atoms with Gasteiger partial charge >= 0.3 is 12.2 Å². The quantitative estimate of drug-likeness (QED) is 0.0868. The number of hydrogen-bond donors (Lipinski definition) is 6. The summed E-state index contributed by atoms with van der Waals surface area (Å²) >= 11 is 0. The maximum atomic E-state index is 17.4. The summed E-state index contributed by atoms with van der Waals surface area (Å²) < 4.78 is 34.8. The summed E-state index contributed by atoms with van der Waals surface area (Å²) in [6.07, 6.45) is 12.8. The number of piperidine rings is 1. The number of nitrogens with zero attached hydrogens (tertiary/aromatic N) is 6. The topological polar surface area (TPSA) is 203 Å². The molecule has 6 N–H and O–H groups in total. The summed E-state index contributed by atoms with van der Waals surface area (Å²) in [5.41, 5.74) is -0.0684. The molecule has 4 saturated carbocycles. The van der Waals surface area contributed by atoms with Crippen molar-refractivity contribution in [3.8, 4) is 0 Å². The van der Waals surface area contributed by atoms with Crippen LogP contribution in [0.3, 0.4) is 0 Å². The third-order valence-corrected chi connectivity index (χ3v) is 21.8. The number of carboxylic acid groups (broad SMARTS) is 2. The van der Waals surface area contributed by atoms with Crippen molar-refractivity contribution in [2.75, 3.05) is 22.9 Å². The van der Waals surface area contributed by atoms with E-state index in [9.17, 15) is 19.8 Å². The van der Waals surface area contributed by atoms with Crippen LogP contribution in [-0.2, 0) is 31.7 Å². The molecule has 6 aliphatic heterocycles. The Hall–Kier alpha value is -6.46. The smallest absolute Gasteiger partial charge is 0.405 e. The lowest BCUT2D eigenvalue weighted by atomic mass is 9.76. The van der Waals surface area contributed by atoms with E-state index >= 15 is 18.4 Å². The molecule has 5 aromatic rings. The lowest BCUT2D eigenvalue weighted by Crippen LogP contribution is -2.68. The summed E-state index contributed by atoms with van der Waals surface area (Å²) in [4.78, 5) is 85.7. The number of halogens is 2. The SMILES string of the molecule is O=C(O)NC1(C2CCCC2)C(=O)N2C([C@H]3CC[C@@H](C4C[C@@H]5CCC[C@@]56c5ccc7nc([nH]c7c5)C(NC(=O)O)(C5CCCC5)C(=O)N46)N3c3cc(F)c(N4CCCCC4)c(F)c3)CC3CCC[C@@]32c2ccc3nc1[nH]c3c2. The maximum absolute atomic E-state index is 17.4. The number of nitrogens with one attached hydrogen (secondary N) is 4. The van der Waals surface area contributed by atoms with Gasteiger partial charge in [-0.05, 0) is 168 Å². The summed E-state index contributed by atoms with van der Waals surface area (Å²) in [7, 11) is 0. The normalized spacial score (nSPS) is 34.7. The molecule has 3 aromatic carbocycles. The molecule has 5 unspecified atom stereocenters. The summed E-state index contributed by atoms with van der Waals surface area (Å²) in [6.45, 7) is 1.08. The number of amides is 4. The zero-order valence-corrected chi connectivity index (χ0v) is 43.5. The average Bonchev–Trinajstić information content (AvgIpc) is 4.04. The van der Waals surface area contributed by atoms with E-state index in [2.05, 4.69) is 59.6 Å². The van der Waals surface area contributed by atoms with Crippen LogP contribution in [0.25, 0.3) is 22.1 Å². The van der Waals surface area contributed by atoms with Gasteiger partial charge in [-0.15, -0.1) is 0 Å². The number of carbonyl (C=O) groups is 4. The molecule has 8 heterocycles. The van der Waals surface area contributed by atoms with E-state index in [0.717, 1.165) is 92.8 Å². The van der Waals surface area contributed by atoms with Crippen LogP contribution < -0.4 is 20.4 Å². The molecule has 18 heteroatoms. The minimum absolute atomic E-state index is 0.00847. The van der Waals surface area contributed by atoms with Gasteiger partial charge in [0.1, 0.15) is 17.3 Å². The van der Waals surface area contributed by atoms with Crippen LogP contribution in [0.15, 0.2) is 48.5 Å². The molecule has 0 radical (unpaired) electrons. The van der Waals surface area contributed by atoms with Gasteiger partial charge < -0.3 is 50.4 Å². The number of rotatable bonds is 8. The molecular weight excluding hydrogens is 983 g/mol. The van der Waals surface area contributed by atoms with Gasteiger partial charge in [0.2, 0.25) is 0 Å². The summed E-state index contributed by atoms with van der Waals surface area (Å²) in [5.74, 6) is -2.22. The molecule has 10 aliphatic rings. The Labute approximate surface area is 445 Å². The van der Waals surface area contributed by atoms with Gasteiger partial charge in [-0.2, -0.15) is 0 Å². The molecule has 4 amide bonds. The standard InChI is InChI=1S/C59H68F2N10O6/c60-39-30-38(31-40(61)49(39)68-24-6-1-7-25-68)69-45(47-28-34-14-8-22-56(34)36-16-18-41-43(26-36)64-50(62-41)58(66-54(74)75,52(72)70(47)56)32-10-2-3-11-32)20-21-46(69)48-29-35-15-9-23-57(35)37-17-19-42-44(27-37)65-51(63-42)59(67-55(76)77,53(73)71(48)57)33-12-4-5-13-33/h16-19,26-27,30-35,45-48,66-67H,1-15,20-25,28-29H2,(H,62,64)(H,63,65)(H,74,75)(H,76,77)/t34-,35?,45-,46+,47?,48?,56-,57-,58?,59?/m0/s1. The predicted octanol–water partition coefficient (Wildman–Crippen LogP) is 9.97. The van der Waals surface area contributed by atoms with Crippen LogP contribution in [0.4, 0.5) is 29.7 Å². The number of anilines is 2. The number of benzene rings is 3. The third kappa shape index (κ3) is 6.41. The zero-order valence-electron chi connectivity index (χ0n) is 43.5. The van der Waals surface area contributed by atoms with Crippen molar-refractivity contribution in [1.29, 1.82) is 0 Å². The molecule has 404 valence electrons. The molecule has 4 aliphatic carbocycles. The lowest BCUT2D eigenvalue weighted by molar-refractivity contribution is -0.150. The van der Waals surface area contributed by atoms with Crippen molar-refractivity contribution in [3.05, 3.63) is 82.9 Å². The second-order valence-electron chi connectivity index (χ2n) is 25.0. The van der Waals surface area contributed by atoms with Gasteiger partial charge in [0, 0.05) is 30.9 Å². The number of hydrogen-bond acceptors (Lipinski definition) is 8. The molecule has 2 aromatic heterocycles. The fraction of sp³-hybridized carbons (Fsp3) is 0.593. The fourth-order valence-corrected chi connectivity index (χ4v) is 19.0. The van der Waals surface area contributed by atoms with Crippen molar-refractivity contribution in [3.63, 3.8) is 0 Å². The molecule has 10 atom stereocenters. The fourth-order valence-electron chi connectivity index (χ4n) is 19.0. The monoisotopic (exact) mass is 1050 g/mol. The average molecular weight is 1050 g/mol. The highest BCUT2D eigenvalue weighted by Crippen LogP contribution is 2.64. The minimum atomic E-state index is -1.75. The Morgan fingerprint density at radius 2 is 1.00 bits per heavy atom. The molecule has 77 heavy (non-hydrogen) atoms. The second-order valence-corrected chi connectivity index (χ2v) is 25.0. The third-order valence-electron chi connectivity index (χ3n) is 21.8. The zero-order chi connectivity index (χ0) is 52.3. The molecule has 16 nitrogen and oxygen atoms in total. The van der Waals surface area contributed by atoms with Crippen molar-refractivity contribution >= 4 is 57.4 Å². The van der Waals surface area contributed by atoms with E-state index in [-0.39, 0.29) is 52.8 Å². The largest absolute Gasteiger partial charge is 0.465 e. The first-order chi connectivity index (χ1) is 37.4. The second kappa shape index (κ2) is 17.0.